The van der Waals surface area contributed by atoms with E-state index >= 15 is 0 Å². The summed E-state index contributed by atoms with van der Waals surface area (Å²) in [6.07, 6.45) is -2.77. The van der Waals surface area contributed by atoms with Gasteiger partial charge in [0.25, 0.3) is 0 Å². The molecule has 0 bridgehead atoms. The first-order valence-corrected chi connectivity index (χ1v) is 2.82. The van der Waals surface area contributed by atoms with Gasteiger partial charge in [-0.2, -0.15) is 0 Å². The average Bonchev–Trinajstić information content (AvgIpc) is 2.15. The molecular weight excluding hydrogens is 124 g/mol. The van der Waals surface area contributed by atoms with E-state index in [1.165, 1.54) is 0 Å². The minimum absolute atomic E-state index is 0.00634. The Morgan fingerprint density at radius 3 is 2.56 bits per heavy atom. The minimum atomic E-state index is -1.08. The minimum Gasteiger partial charge on any atom is -0.394 e. The maximum atomic E-state index is 10.5. The zero-order valence-electron chi connectivity index (χ0n) is 4.86. The van der Waals surface area contributed by atoms with E-state index in [2.05, 4.69) is 0 Å². The van der Waals surface area contributed by atoms with E-state index in [4.69, 9.17) is 14.9 Å². The number of ether oxygens (including phenoxy) is 1. The van der Waals surface area contributed by atoms with Crippen LogP contribution in [0.3, 0.4) is 0 Å². The highest BCUT2D eigenvalue weighted by molar-refractivity contribution is 4.81. The van der Waals surface area contributed by atoms with Gasteiger partial charge in [0.15, 0.2) is 0 Å². The lowest BCUT2D eigenvalue weighted by molar-refractivity contribution is -0.0202. The molecule has 1 radical (unpaired) electrons. The van der Waals surface area contributed by atoms with Crippen molar-refractivity contribution < 1.29 is 20.1 Å². The van der Waals surface area contributed by atoms with Gasteiger partial charge in [-0.15, -0.1) is 0 Å². The van der Waals surface area contributed by atoms with Crippen molar-refractivity contribution in [3.05, 3.63) is 0 Å². The quantitative estimate of drug-likeness (QED) is 0.459. The first-order valence-electron chi connectivity index (χ1n) is 2.82. The van der Waals surface area contributed by atoms with Crippen LogP contribution in [0.5, 0.6) is 0 Å². The molecule has 4 nitrogen and oxygen atoms in total. The summed E-state index contributed by atoms with van der Waals surface area (Å²) in [5.74, 6) is 0. The summed E-state index contributed by atoms with van der Waals surface area (Å²) in [7, 11) is 0. The molecule has 2 N–H and O–H groups in total. The second-order valence-corrected chi connectivity index (χ2v) is 2.08. The largest absolute Gasteiger partial charge is 0.394 e. The fourth-order valence-electron chi connectivity index (χ4n) is 0.816. The molecule has 1 unspecified atom stereocenters. The van der Waals surface area contributed by atoms with E-state index in [0.717, 1.165) is 0 Å². The highest BCUT2D eigenvalue weighted by Gasteiger charge is 2.34. The predicted molar refractivity (Wildman–Crippen MR) is 27.3 cm³/mol. The van der Waals surface area contributed by atoms with E-state index in [1.807, 2.05) is 0 Å². The standard InChI is InChI=1S/C5H9O4/c6-1-4-5(8)3(7)2-9-4/h3-6,8H,1-2H2/t3?,4-,5+/m1/s1. The highest BCUT2D eigenvalue weighted by Crippen LogP contribution is 2.13. The second-order valence-electron chi connectivity index (χ2n) is 2.08. The summed E-state index contributed by atoms with van der Waals surface area (Å²) < 4.78 is 4.71. The first-order chi connectivity index (χ1) is 4.25. The highest BCUT2D eigenvalue weighted by atomic mass is 16.5. The van der Waals surface area contributed by atoms with Crippen LogP contribution < -0.4 is 0 Å². The Morgan fingerprint density at radius 1 is 1.67 bits per heavy atom. The first kappa shape index (κ1) is 6.95. The van der Waals surface area contributed by atoms with Crippen molar-refractivity contribution in [1.29, 1.82) is 0 Å². The Morgan fingerprint density at radius 2 is 2.33 bits per heavy atom. The number of aliphatic hydroxyl groups is 2. The molecule has 1 rings (SSSR count). The lowest BCUT2D eigenvalue weighted by Crippen LogP contribution is -2.31. The fourth-order valence-corrected chi connectivity index (χ4v) is 0.816. The Bertz CT molecular complexity index is 95.0. The van der Waals surface area contributed by atoms with Crippen LogP contribution >= 0.6 is 0 Å². The van der Waals surface area contributed by atoms with Crippen LogP contribution in [0.1, 0.15) is 0 Å². The van der Waals surface area contributed by atoms with E-state index in [-0.39, 0.29) is 13.2 Å². The summed E-state index contributed by atoms with van der Waals surface area (Å²) in [6, 6.07) is 0. The van der Waals surface area contributed by atoms with E-state index < -0.39 is 18.3 Å². The molecule has 0 saturated carbocycles. The Balaban J connectivity index is 2.41. The maximum absolute atomic E-state index is 10.5. The van der Waals surface area contributed by atoms with Crippen LogP contribution in [0.2, 0.25) is 0 Å². The van der Waals surface area contributed by atoms with E-state index in [1.54, 1.807) is 0 Å². The van der Waals surface area contributed by atoms with Crippen molar-refractivity contribution in [2.75, 3.05) is 13.2 Å². The van der Waals surface area contributed by atoms with Gasteiger partial charge in [-0.05, 0) is 0 Å². The molecule has 1 saturated heterocycles. The molecule has 0 aromatic rings. The summed E-state index contributed by atoms with van der Waals surface area (Å²) >= 11 is 0. The van der Waals surface area contributed by atoms with E-state index in [9.17, 15) is 5.11 Å². The molecule has 1 heterocycles. The van der Waals surface area contributed by atoms with Gasteiger partial charge in [-0.1, -0.05) is 0 Å². The zero-order valence-corrected chi connectivity index (χ0v) is 4.86. The van der Waals surface area contributed by atoms with Gasteiger partial charge in [0.2, 0.25) is 0 Å². The number of aliphatic hydroxyl groups excluding tert-OH is 2. The third-order valence-corrected chi connectivity index (χ3v) is 1.42. The monoisotopic (exact) mass is 133 g/mol. The molecule has 9 heavy (non-hydrogen) atoms. The molecule has 1 aliphatic heterocycles. The van der Waals surface area contributed by atoms with Crippen molar-refractivity contribution >= 4 is 0 Å². The van der Waals surface area contributed by atoms with Gasteiger partial charge in [0.05, 0.1) is 13.2 Å². The van der Waals surface area contributed by atoms with Gasteiger partial charge in [-0.25, -0.2) is 5.11 Å². The van der Waals surface area contributed by atoms with Crippen molar-refractivity contribution in [2.45, 2.75) is 18.3 Å². The van der Waals surface area contributed by atoms with Crippen molar-refractivity contribution in [2.24, 2.45) is 0 Å². The molecular formula is C5H9O4. The molecule has 3 atom stereocenters. The molecule has 0 aromatic carbocycles. The smallest absolute Gasteiger partial charge is 0.145 e. The maximum Gasteiger partial charge on any atom is 0.145 e. The lowest BCUT2D eigenvalue weighted by Gasteiger charge is -2.09. The fraction of sp³-hybridized carbons (Fsp3) is 1.00. The van der Waals surface area contributed by atoms with Gasteiger partial charge < -0.3 is 14.9 Å². The normalized spacial score (nSPS) is 43.7. The summed E-state index contributed by atoms with van der Waals surface area (Å²) in [4.78, 5) is 0. The molecule has 0 aliphatic carbocycles. The summed E-state index contributed by atoms with van der Waals surface area (Å²) in [5.41, 5.74) is 0. The molecule has 0 amide bonds. The Labute approximate surface area is 52.7 Å². The zero-order chi connectivity index (χ0) is 6.85. The number of rotatable bonds is 1. The van der Waals surface area contributed by atoms with Gasteiger partial charge >= 0.3 is 0 Å². The van der Waals surface area contributed by atoms with Gasteiger partial charge in [0.1, 0.15) is 18.3 Å². The summed E-state index contributed by atoms with van der Waals surface area (Å²) in [6.45, 7) is -0.272. The predicted octanol–water partition coefficient (Wildman–Crippen LogP) is -1.46. The molecule has 0 aromatic heterocycles. The van der Waals surface area contributed by atoms with E-state index in [0.29, 0.717) is 0 Å². The number of hydrogen-bond acceptors (Lipinski definition) is 3. The SMILES string of the molecule is [O]C1CO[C@H](CO)[C@H]1O. The third kappa shape index (κ3) is 1.21. The van der Waals surface area contributed by atoms with Crippen molar-refractivity contribution in [3.8, 4) is 0 Å². The molecule has 4 heteroatoms. The van der Waals surface area contributed by atoms with Crippen molar-refractivity contribution in [3.63, 3.8) is 0 Å². The molecule has 1 fully saturated rings. The lowest BCUT2D eigenvalue weighted by atomic mass is 10.2. The van der Waals surface area contributed by atoms with Crippen molar-refractivity contribution in [1.82, 2.24) is 0 Å². The second kappa shape index (κ2) is 2.62. The molecule has 0 spiro atoms. The third-order valence-electron chi connectivity index (χ3n) is 1.42. The van der Waals surface area contributed by atoms with Crippen LogP contribution in [-0.2, 0) is 9.84 Å². The van der Waals surface area contributed by atoms with Crippen LogP contribution in [0.4, 0.5) is 0 Å². The topological polar surface area (TPSA) is 69.6 Å². The molecule has 1 aliphatic rings. The Hall–Kier alpha value is -0.160. The van der Waals surface area contributed by atoms with Gasteiger partial charge in [-0.3, -0.25) is 0 Å². The van der Waals surface area contributed by atoms with Crippen LogP contribution in [0.15, 0.2) is 0 Å². The van der Waals surface area contributed by atoms with Crippen LogP contribution in [-0.4, -0.2) is 41.7 Å². The molecule has 53 valence electrons. The average molecular weight is 133 g/mol. The number of hydrogen-bond donors (Lipinski definition) is 2. The van der Waals surface area contributed by atoms with Crippen LogP contribution in [0.25, 0.3) is 0 Å². The van der Waals surface area contributed by atoms with Crippen LogP contribution in [0, 0.1) is 0 Å². The Kier molecular flexibility index (Phi) is 2.02. The summed E-state index contributed by atoms with van der Waals surface area (Å²) in [5, 5.41) is 27.8. The van der Waals surface area contributed by atoms with Gasteiger partial charge in [0, 0.05) is 0 Å².